The van der Waals surface area contributed by atoms with Gasteiger partial charge in [0.1, 0.15) is 5.69 Å². The Morgan fingerprint density at radius 3 is 2.78 bits per heavy atom. The normalized spacial score (nSPS) is 12.9. The maximum absolute atomic E-state index is 13.1. The number of fused-ring (bicyclic) bond motifs is 1. The Morgan fingerprint density at radius 1 is 1.09 bits per heavy atom. The summed E-state index contributed by atoms with van der Waals surface area (Å²) in [5, 5.41) is 0. The zero-order chi connectivity index (χ0) is 22.3. The van der Waals surface area contributed by atoms with Crippen LogP contribution in [0.1, 0.15) is 28.0 Å². The van der Waals surface area contributed by atoms with Crippen molar-refractivity contribution in [1.29, 1.82) is 0 Å². The van der Waals surface area contributed by atoms with E-state index in [0.717, 1.165) is 23.4 Å². The number of hydrogen-bond donors (Lipinski definition) is 0. The summed E-state index contributed by atoms with van der Waals surface area (Å²) in [4.78, 5) is 28.4. The summed E-state index contributed by atoms with van der Waals surface area (Å²) in [6.45, 7) is 2.19. The minimum absolute atomic E-state index is 0.0614. The molecule has 1 aromatic carbocycles. The molecule has 0 unspecified atom stereocenters. The van der Waals surface area contributed by atoms with Crippen LogP contribution in [0.15, 0.2) is 48.8 Å². The zero-order valence-electron chi connectivity index (χ0n) is 18.3. The monoisotopic (exact) mass is 434 g/mol. The van der Waals surface area contributed by atoms with E-state index in [-0.39, 0.29) is 5.91 Å². The van der Waals surface area contributed by atoms with Gasteiger partial charge in [0.25, 0.3) is 5.91 Å². The molecule has 0 saturated heterocycles. The standard InChI is InChI=1S/C24H26N4O4/c1-30-12-5-13-32-21-8-7-17(14-22(21)31-2)24(29)28-11-9-19-18(16-28)15-26-23(27-19)20-6-3-4-10-25-20/h3-4,6-8,10,14-15H,5,9,11-13,16H2,1-2H3. The van der Waals surface area contributed by atoms with Crippen molar-refractivity contribution in [1.82, 2.24) is 19.9 Å². The average molecular weight is 434 g/mol. The second-order valence-electron chi connectivity index (χ2n) is 7.42. The number of nitrogens with zero attached hydrogens (tertiary/aromatic N) is 4. The Morgan fingerprint density at radius 2 is 2.00 bits per heavy atom. The van der Waals surface area contributed by atoms with Crippen molar-refractivity contribution in [2.75, 3.05) is 34.0 Å². The molecule has 8 heteroatoms. The van der Waals surface area contributed by atoms with E-state index in [4.69, 9.17) is 14.2 Å². The average Bonchev–Trinajstić information content (AvgIpc) is 2.86. The Kier molecular flexibility index (Phi) is 6.91. The van der Waals surface area contributed by atoms with Crippen LogP contribution < -0.4 is 9.47 Å². The summed E-state index contributed by atoms with van der Waals surface area (Å²) in [5.41, 5.74) is 3.21. The number of carbonyl (C=O) groups is 1. The van der Waals surface area contributed by atoms with E-state index in [2.05, 4.69) is 15.0 Å². The number of rotatable bonds is 8. The van der Waals surface area contributed by atoms with Crippen LogP contribution >= 0.6 is 0 Å². The van der Waals surface area contributed by atoms with Crippen molar-refractivity contribution in [3.8, 4) is 23.0 Å². The summed E-state index contributed by atoms with van der Waals surface area (Å²) < 4.78 is 16.2. The van der Waals surface area contributed by atoms with Crippen molar-refractivity contribution in [3.05, 3.63) is 65.6 Å². The van der Waals surface area contributed by atoms with Crippen LogP contribution in [-0.2, 0) is 17.7 Å². The molecule has 0 N–H and O–H groups in total. The van der Waals surface area contributed by atoms with Gasteiger partial charge in [-0.05, 0) is 30.3 Å². The first-order valence-corrected chi connectivity index (χ1v) is 10.5. The van der Waals surface area contributed by atoms with Gasteiger partial charge < -0.3 is 19.1 Å². The summed E-state index contributed by atoms with van der Waals surface area (Å²) >= 11 is 0. The maximum Gasteiger partial charge on any atom is 0.254 e. The molecule has 0 saturated carbocycles. The molecule has 0 radical (unpaired) electrons. The van der Waals surface area contributed by atoms with E-state index < -0.39 is 0 Å². The fourth-order valence-corrected chi connectivity index (χ4v) is 3.60. The number of pyridine rings is 1. The van der Waals surface area contributed by atoms with Crippen molar-refractivity contribution in [2.45, 2.75) is 19.4 Å². The molecule has 0 atom stereocenters. The number of benzene rings is 1. The van der Waals surface area contributed by atoms with E-state index in [9.17, 15) is 4.79 Å². The summed E-state index contributed by atoms with van der Waals surface area (Å²) in [6.07, 6.45) is 4.96. The Bertz CT molecular complexity index is 1070. The highest BCUT2D eigenvalue weighted by Crippen LogP contribution is 2.29. The van der Waals surface area contributed by atoms with Gasteiger partial charge in [-0.25, -0.2) is 9.97 Å². The van der Waals surface area contributed by atoms with Crippen molar-refractivity contribution in [2.24, 2.45) is 0 Å². The van der Waals surface area contributed by atoms with Crippen LogP contribution in [-0.4, -0.2) is 59.7 Å². The molecule has 1 aliphatic rings. The molecule has 0 bridgehead atoms. The third-order valence-corrected chi connectivity index (χ3v) is 5.28. The van der Waals surface area contributed by atoms with Crippen LogP contribution in [0.25, 0.3) is 11.5 Å². The number of carbonyl (C=O) groups excluding carboxylic acids is 1. The van der Waals surface area contributed by atoms with Gasteiger partial charge in [0.15, 0.2) is 17.3 Å². The zero-order valence-corrected chi connectivity index (χ0v) is 18.3. The second-order valence-corrected chi connectivity index (χ2v) is 7.42. The largest absolute Gasteiger partial charge is 0.493 e. The van der Waals surface area contributed by atoms with Crippen molar-refractivity contribution in [3.63, 3.8) is 0 Å². The minimum atomic E-state index is -0.0614. The van der Waals surface area contributed by atoms with E-state index in [1.54, 1.807) is 49.7 Å². The number of amides is 1. The summed E-state index contributed by atoms with van der Waals surface area (Å²) in [5.74, 6) is 1.69. The Balaban J connectivity index is 1.45. The summed E-state index contributed by atoms with van der Waals surface area (Å²) in [6, 6.07) is 10.9. The van der Waals surface area contributed by atoms with Crippen LogP contribution in [0, 0.1) is 0 Å². The predicted octanol–water partition coefficient (Wildman–Crippen LogP) is 3.16. The Hall–Kier alpha value is -3.52. The molecule has 0 aliphatic carbocycles. The Labute approximate surface area is 187 Å². The number of methoxy groups -OCH3 is 2. The lowest BCUT2D eigenvalue weighted by Gasteiger charge is -2.28. The molecule has 4 rings (SSSR count). The topological polar surface area (TPSA) is 86.7 Å². The van der Waals surface area contributed by atoms with Gasteiger partial charge in [0.05, 0.1) is 19.4 Å². The molecule has 3 aromatic rings. The first kappa shape index (κ1) is 21.7. The van der Waals surface area contributed by atoms with Crippen molar-refractivity contribution < 1.29 is 19.0 Å². The number of aromatic nitrogens is 3. The highest BCUT2D eigenvalue weighted by Gasteiger charge is 2.24. The minimum Gasteiger partial charge on any atom is -0.493 e. The van der Waals surface area contributed by atoms with Gasteiger partial charge in [-0.3, -0.25) is 9.78 Å². The molecule has 2 aromatic heterocycles. The third kappa shape index (κ3) is 4.86. The highest BCUT2D eigenvalue weighted by molar-refractivity contribution is 5.95. The second kappa shape index (κ2) is 10.2. The molecule has 3 heterocycles. The lowest BCUT2D eigenvalue weighted by Crippen LogP contribution is -2.36. The van der Waals surface area contributed by atoms with Gasteiger partial charge in [-0.2, -0.15) is 0 Å². The number of hydrogen-bond acceptors (Lipinski definition) is 7. The molecule has 1 amide bonds. The van der Waals surface area contributed by atoms with E-state index in [1.807, 2.05) is 18.2 Å². The van der Waals surface area contributed by atoms with Crippen LogP contribution in [0.3, 0.4) is 0 Å². The smallest absolute Gasteiger partial charge is 0.254 e. The van der Waals surface area contributed by atoms with Gasteiger partial charge in [-0.15, -0.1) is 0 Å². The number of ether oxygens (including phenoxy) is 3. The lowest BCUT2D eigenvalue weighted by atomic mass is 10.1. The van der Waals surface area contributed by atoms with Gasteiger partial charge in [-0.1, -0.05) is 6.07 Å². The quantitative estimate of drug-likeness (QED) is 0.503. The fraction of sp³-hybridized carbons (Fsp3) is 0.333. The van der Waals surface area contributed by atoms with Crippen LogP contribution in [0.4, 0.5) is 0 Å². The molecule has 166 valence electrons. The molecular weight excluding hydrogens is 408 g/mol. The molecule has 0 fully saturated rings. The third-order valence-electron chi connectivity index (χ3n) is 5.28. The van der Waals surface area contributed by atoms with Gasteiger partial charge in [0.2, 0.25) is 0 Å². The van der Waals surface area contributed by atoms with Crippen LogP contribution in [0.5, 0.6) is 11.5 Å². The molecule has 0 spiro atoms. The highest BCUT2D eigenvalue weighted by atomic mass is 16.5. The SMILES string of the molecule is COCCCOc1ccc(C(=O)N2CCc3nc(-c4ccccn4)ncc3C2)cc1OC. The van der Waals surface area contributed by atoms with E-state index >= 15 is 0 Å². The first-order valence-electron chi connectivity index (χ1n) is 10.5. The molecule has 32 heavy (non-hydrogen) atoms. The van der Waals surface area contributed by atoms with Gasteiger partial charge in [0, 0.05) is 63.2 Å². The molecule has 1 aliphatic heterocycles. The van der Waals surface area contributed by atoms with E-state index in [0.29, 0.717) is 55.6 Å². The van der Waals surface area contributed by atoms with Gasteiger partial charge >= 0.3 is 0 Å². The summed E-state index contributed by atoms with van der Waals surface area (Å²) in [7, 11) is 3.23. The van der Waals surface area contributed by atoms with Crippen LogP contribution in [0.2, 0.25) is 0 Å². The van der Waals surface area contributed by atoms with Crippen molar-refractivity contribution >= 4 is 5.91 Å². The fourth-order valence-electron chi connectivity index (χ4n) is 3.60. The molecular formula is C24H26N4O4. The molecule has 8 nitrogen and oxygen atoms in total. The van der Waals surface area contributed by atoms with E-state index in [1.165, 1.54) is 0 Å². The maximum atomic E-state index is 13.1. The lowest BCUT2D eigenvalue weighted by molar-refractivity contribution is 0.0733. The first-order chi connectivity index (χ1) is 15.7. The predicted molar refractivity (Wildman–Crippen MR) is 119 cm³/mol.